The number of H-pyrrole nitrogens is 1. The van der Waals surface area contributed by atoms with Crippen LogP contribution in [0.1, 0.15) is 46.5 Å². The monoisotopic (exact) mass is 450 g/mol. The molecule has 170 valence electrons. The van der Waals surface area contributed by atoms with E-state index in [1.807, 2.05) is 20.8 Å². The Hall–Kier alpha value is -2.55. The lowest BCUT2D eigenvalue weighted by Gasteiger charge is -2.25. The summed E-state index contributed by atoms with van der Waals surface area (Å²) in [5.41, 5.74) is 5.03. The van der Waals surface area contributed by atoms with Crippen molar-refractivity contribution in [2.45, 2.75) is 57.9 Å². The van der Waals surface area contributed by atoms with Gasteiger partial charge in [0.25, 0.3) is 5.56 Å². The van der Waals surface area contributed by atoms with Crippen LogP contribution in [0.4, 0.5) is 15.9 Å². The molecule has 0 fully saturated rings. The van der Waals surface area contributed by atoms with Gasteiger partial charge in [-0.15, -0.1) is 11.8 Å². The van der Waals surface area contributed by atoms with E-state index in [2.05, 4.69) is 4.98 Å². The summed E-state index contributed by atoms with van der Waals surface area (Å²) >= 11 is 1.43. The normalized spacial score (nSPS) is 11.1. The predicted octanol–water partition coefficient (Wildman–Crippen LogP) is 3.62. The molecule has 0 saturated carbocycles. The van der Waals surface area contributed by atoms with Crippen molar-refractivity contribution in [1.82, 2.24) is 9.55 Å². The van der Waals surface area contributed by atoms with Crippen LogP contribution in [0.25, 0.3) is 0 Å². The summed E-state index contributed by atoms with van der Waals surface area (Å²) in [6.07, 6.45) is 2.44. The van der Waals surface area contributed by atoms with Crippen LogP contribution in [0.5, 0.6) is 0 Å². The van der Waals surface area contributed by atoms with Crippen LogP contribution in [-0.2, 0) is 11.3 Å². The van der Waals surface area contributed by atoms with Crippen molar-refractivity contribution in [3.63, 3.8) is 0 Å². The molecule has 0 aliphatic heterocycles. The Morgan fingerprint density at radius 2 is 1.94 bits per heavy atom. The first kappa shape index (κ1) is 24.7. The van der Waals surface area contributed by atoms with Crippen molar-refractivity contribution in [1.29, 1.82) is 0 Å². The van der Waals surface area contributed by atoms with Crippen molar-refractivity contribution in [3.05, 3.63) is 50.9 Å². The first-order valence-corrected chi connectivity index (χ1v) is 11.5. The molecule has 0 spiro atoms. The molecule has 3 N–H and O–H groups in total. The summed E-state index contributed by atoms with van der Waals surface area (Å²) in [7, 11) is 0. The number of nitrogen functional groups attached to an aromatic ring is 1. The zero-order chi connectivity index (χ0) is 23.0. The van der Waals surface area contributed by atoms with E-state index in [1.54, 1.807) is 12.1 Å². The third-order valence-electron chi connectivity index (χ3n) is 4.85. The third kappa shape index (κ3) is 6.99. The van der Waals surface area contributed by atoms with E-state index in [1.165, 1.54) is 33.4 Å². The quantitative estimate of drug-likeness (QED) is 0.509. The second-order valence-corrected chi connectivity index (χ2v) is 8.95. The Bertz CT molecular complexity index is 986. The molecule has 1 heterocycles. The number of hydrogen-bond donors (Lipinski definition) is 2. The van der Waals surface area contributed by atoms with Gasteiger partial charge in [-0.3, -0.25) is 19.1 Å². The summed E-state index contributed by atoms with van der Waals surface area (Å²) in [6, 6.07) is 6.07. The largest absolute Gasteiger partial charge is 0.383 e. The maximum Gasteiger partial charge on any atom is 0.330 e. The van der Waals surface area contributed by atoms with Crippen molar-refractivity contribution in [2.75, 3.05) is 22.9 Å². The minimum absolute atomic E-state index is 0.0190. The highest BCUT2D eigenvalue weighted by Crippen LogP contribution is 2.23. The number of carbonyl (C=O) groups is 1. The molecular weight excluding hydrogens is 419 g/mol. The number of nitrogens with zero attached hydrogens (tertiary/aromatic N) is 2. The first-order chi connectivity index (χ1) is 14.7. The number of hydrogen-bond acceptors (Lipinski definition) is 5. The Kier molecular flexibility index (Phi) is 9.36. The average Bonchev–Trinajstić information content (AvgIpc) is 2.71. The number of halogens is 1. The fourth-order valence-electron chi connectivity index (χ4n) is 3.05. The van der Waals surface area contributed by atoms with Crippen molar-refractivity contribution < 1.29 is 9.18 Å². The van der Waals surface area contributed by atoms with Gasteiger partial charge >= 0.3 is 5.69 Å². The van der Waals surface area contributed by atoms with Crippen molar-refractivity contribution in [3.8, 4) is 0 Å². The van der Waals surface area contributed by atoms with E-state index in [4.69, 9.17) is 5.73 Å². The lowest BCUT2D eigenvalue weighted by molar-refractivity contribution is -0.118. The molecule has 0 saturated heterocycles. The number of nitrogens with two attached hydrogens (primary N) is 1. The highest BCUT2D eigenvalue weighted by molar-refractivity contribution is 7.99. The van der Waals surface area contributed by atoms with Gasteiger partial charge in [-0.1, -0.05) is 27.2 Å². The summed E-state index contributed by atoms with van der Waals surface area (Å²) in [5, 5.41) is 0. The lowest BCUT2D eigenvalue weighted by atomic mass is 10.1. The number of aromatic nitrogens is 2. The van der Waals surface area contributed by atoms with Gasteiger partial charge in [-0.25, -0.2) is 9.18 Å². The smallest absolute Gasteiger partial charge is 0.330 e. The average molecular weight is 451 g/mol. The molecule has 31 heavy (non-hydrogen) atoms. The molecule has 0 unspecified atom stereocenters. The van der Waals surface area contributed by atoms with Crippen molar-refractivity contribution in [2.24, 2.45) is 5.92 Å². The highest BCUT2D eigenvalue weighted by Gasteiger charge is 2.24. The van der Waals surface area contributed by atoms with Crippen LogP contribution in [-0.4, -0.2) is 27.8 Å². The molecule has 1 aromatic heterocycles. The van der Waals surface area contributed by atoms with Crippen LogP contribution in [0.15, 0.2) is 38.8 Å². The van der Waals surface area contributed by atoms with Crippen LogP contribution in [0, 0.1) is 11.7 Å². The minimum atomic E-state index is -0.654. The second kappa shape index (κ2) is 11.7. The Morgan fingerprint density at radius 1 is 1.26 bits per heavy atom. The van der Waals surface area contributed by atoms with Gasteiger partial charge in [0.1, 0.15) is 11.6 Å². The van der Waals surface area contributed by atoms with E-state index < -0.39 is 11.2 Å². The SMILES string of the molecule is CCCCn1c(N)c(N(CCC(C)C)C(=O)CCSc2ccc(F)cc2)c(=O)[nH]c1=O. The van der Waals surface area contributed by atoms with E-state index in [0.717, 1.165) is 17.7 Å². The Labute approximate surface area is 185 Å². The number of unbranched alkanes of at least 4 members (excludes halogenated alkanes) is 1. The molecule has 7 nitrogen and oxygen atoms in total. The molecule has 0 aliphatic carbocycles. The molecule has 1 amide bonds. The Morgan fingerprint density at radius 3 is 2.55 bits per heavy atom. The van der Waals surface area contributed by atoms with Gasteiger partial charge in [-0.2, -0.15) is 0 Å². The Balaban J connectivity index is 2.26. The molecule has 0 radical (unpaired) electrons. The number of thioether (sulfide) groups is 1. The number of aromatic amines is 1. The van der Waals surface area contributed by atoms with Gasteiger partial charge in [0.2, 0.25) is 5.91 Å². The summed E-state index contributed by atoms with van der Waals surface area (Å²) in [5.74, 6) is 0.248. The zero-order valence-corrected chi connectivity index (χ0v) is 19.1. The molecular formula is C22H31FN4O3S. The summed E-state index contributed by atoms with van der Waals surface area (Å²) in [4.78, 5) is 42.5. The fourth-order valence-corrected chi connectivity index (χ4v) is 3.89. The number of anilines is 2. The van der Waals surface area contributed by atoms with E-state index in [-0.39, 0.29) is 29.7 Å². The molecule has 2 aromatic rings. The van der Waals surface area contributed by atoms with Crippen LogP contribution < -0.4 is 21.9 Å². The zero-order valence-electron chi connectivity index (χ0n) is 18.3. The lowest BCUT2D eigenvalue weighted by Crippen LogP contribution is -2.42. The third-order valence-corrected chi connectivity index (χ3v) is 5.86. The number of carbonyl (C=O) groups excluding carboxylic acids is 1. The van der Waals surface area contributed by atoms with Crippen LogP contribution in [0.2, 0.25) is 0 Å². The maximum atomic E-state index is 13.1. The van der Waals surface area contributed by atoms with Gasteiger partial charge < -0.3 is 10.6 Å². The molecule has 0 atom stereocenters. The maximum absolute atomic E-state index is 13.1. The van der Waals surface area contributed by atoms with E-state index in [9.17, 15) is 18.8 Å². The first-order valence-electron chi connectivity index (χ1n) is 10.6. The van der Waals surface area contributed by atoms with E-state index >= 15 is 0 Å². The van der Waals surface area contributed by atoms with Crippen LogP contribution >= 0.6 is 11.8 Å². The van der Waals surface area contributed by atoms with E-state index in [0.29, 0.717) is 31.2 Å². The summed E-state index contributed by atoms with van der Waals surface area (Å²) < 4.78 is 14.4. The molecule has 2 rings (SSSR count). The predicted molar refractivity (Wildman–Crippen MR) is 124 cm³/mol. The topological polar surface area (TPSA) is 101 Å². The fraction of sp³-hybridized carbons (Fsp3) is 0.500. The molecule has 1 aromatic carbocycles. The second-order valence-electron chi connectivity index (χ2n) is 7.78. The number of rotatable bonds is 11. The molecule has 0 aliphatic rings. The highest BCUT2D eigenvalue weighted by atomic mass is 32.2. The van der Waals surface area contributed by atoms with Gasteiger partial charge in [0.05, 0.1) is 0 Å². The van der Waals surface area contributed by atoms with Crippen LogP contribution in [0.3, 0.4) is 0 Å². The molecule has 0 bridgehead atoms. The molecule has 9 heteroatoms. The minimum Gasteiger partial charge on any atom is -0.383 e. The van der Waals surface area contributed by atoms with Gasteiger partial charge in [0.15, 0.2) is 5.69 Å². The number of nitrogens with one attached hydrogen (secondary N) is 1. The number of amides is 1. The van der Waals surface area contributed by atoms with Gasteiger partial charge in [-0.05, 0) is 43.0 Å². The van der Waals surface area contributed by atoms with Gasteiger partial charge in [0, 0.05) is 30.2 Å². The number of benzene rings is 1. The summed E-state index contributed by atoms with van der Waals surface area (Å²) in [6.45, 7) is 6.76. The van der Waals surface area contributed by atoms with Crippen molar-refractivity contribution >= 4 is 29.2 Å². The standard InChI is InChI=1S/C22H31FN4O3S/c1-4-5-12-27-20(24)19(21(29)25-22(27)30)26(13-10-15(2)3)18(28)11-14-31-17-8-6-16(23)7-9-17/h6-9,15H,4-5,10-14,24H2,1-3H3,(H,25,29,30).